The van der Waals surface area contributed by atoms with Gasteiger partial charge in [0.1, 0.15) is 6.61 Å². The molecule has 0 spiro atoms. The third-order valence-corrected chi connectivity index (χ3v) is 0.480. The van der Waals surface area contributed by atoms with Gasteiger partial charge in [0.2, 0.25) is 0 Å². The van der Waals surface area contributed by atoms with E-state index >= 15 is 0 Å². The van der Waals surface area contributed by atoms with Crippen molar-refractivity contribution in [2.75, 3.05) is 6.61 Å². The predicted molar refractivity (Wildman–Crippen MR) is 36.1 cm³/mol. The zero-order chi connectivity index (χ0) is 6.95. The first-order valence-electron chi connectivity index (χ1n) is 2.42. The number of hydrogen-bond acceptors (Lipinski definition) is 1. The highest BCUT2D eigenvalue weighted by Gasteiger charge is 1.55. The van der Waals surface area contributed by atoms with E-state index in [2.05, 4.69) is 35.5 Å². The van der Waals surface area contributed by atoms with Crippen LogP contribution in [0.4, 0.5) is 0 Å². The molecule has 0 aliphatic carbocycles. The lowest BCUT2D eigenvalue weighted by atomic mass is 10.5. The SMILES string of the molecule is CC#CC#CC#CCO. The smallest absolute Gasteiger partial charge is 0.105 e. The van der Waals surface area contributed by atoms with Crippen LogP contribution >= 0.6 is 0 Å². The highest BCUT2D eigenvalue weighted by molar-refractivity contribution is 5.35. The maximum Gasteiger partial charge on any atom is 0.105 e. The second-order valence-corrected chi connectivity index (χ2v) is 1.08. The predicted octanol–water partition coefficient (Wildman–Crippen LogP) is 0.00880. The molecule has 0 unspecified atom stereocenters. The summed E-state index contributed by atoms with van der Waals surface area (Å²) in [6.07, 6.45) is 0. The Morgan fingerprint density at radius 1 is 1.11 bits per heavy atom. The molecule has 0 aromatic heterocycles. The Morgan fingerprint density at radius 3 is 2.33 bits per heavy atom. The first-order valence-corrected chi connectivity index (χ1v) is 2.42. The summed E-state index contributed by atoms with van der Waals surface area (Å²) in [5.41, 5.74) is 0. The van der Waals surface area contributed by atoms with Gasteiger partial charge in [-0.1, -0.05) is 11.8 Å². The number of hydrogen-bond donors (Lipinski definition) is 1. The fourth-order valence-corrected chi connectivity index (χ4v) is 0.209. The van der Waals surface area contributed by atoms with Crippen molar-refractivity contribution in [2.24, 2.45) is 0 Å². The van der Waals surface area contributed by atoms with Crippen molar-refractivity contribution in [3.8, 4) is 35.5 Å². The van der Waals surface area contributed by atoms with Crippen LogP contribution in [0.1, 0.15) is 6.92 Å². The summed E-state index contributed by atoms with van der Waals surface area (Å²) in [6, 6.07) is 0. The number of aliphatic hydroxyl groups is 1. The fourth-order valence-electron chi connectivity index (χ4n) is 0.209. The van der Waals surface area contributed by atoms with E-state index in [1.807, 2.05) is 0 Å². The molecule has 1 N–H and O–H groups in total. The maximum atomic E-state index is 8.15. The molecule has 44 valence electrons. The van der Waals surface area contributed by atoms with Crippen LogP contribution in [0.15, 0.2) is 0 Å². The van der Waals surface area contributed by atoms with Gasteiger partial charge in [-0.15, -0.1) is 0 Å². The van der Waals surface area contributed by atoms with Gasteiger partial charge >= 0.3 is 0 Å². The molecule has 0 atom stereocenters. The van der Waals surface area contributed by atoms with Crippen molar-refractivity contribution in [3.05, 3.63) is 0 Å². The van der Waals surface area contributed by atoms with Crippen LogP contribution in [0, 0.1) is 35.5 Å². The molecule has 0 aromatic carbocycles. The molecule has 0 rings (SSSR count). The Kier molecular flexibility index (Phi) is 5.64. The van der Waals surface area contributed by atoms with Gasteiger partial charge in [0, 0.05) is 0 Å². The minimum absolute atomic E-state index is 0.145. The van der Waals surface area contributed by atoms with Gasteiger partial charge in [-0.3, -0.25) is 0 Å². The molecule has 0 aromatic rings. The summed E-state index contributed by atoms with van der Waals surface area (Å²) >= 11 is 0. The molecule has 0 aliphatic heterocycles. The summed E-state index contributed by atoms with van der Waals surface area (Å²) in [4.78, 5) is 0. The highest BCUT2D eigenvalue weighted by Crippen LogP contribution is 1.53. The third kappa shape index (κ3) is 6.64. The van der Waals surface area contributed by atoms with E-state index in [0.29, 0.717) is 0 Å². The first kappa shape index (κ1) is 7.64. The van der Waals surface area contributed by atoms with Gasteiger partial charge in [0.15, 0.2) is 0 Å². The van der Waals surface area contributed by atoms with Gasteiger partial charge in [-0.25, -0.2) is 0 Å². The van der Waals surface area contributed by atoms with Crippen LogP contribution in [0.2, 0.25) is 0 Å². The average Bonchev–Trinajstić information content (AvgIpc) is 1.89. The van der Waals surface area contributed by atoms with E-state index in [-0.39, 0.29) is 6.61 Å². The normalized spacial score (nSPS) is 4.67. The Balaban J connectivity index is 3.71. The van der Waals surface area contributed by atoms with Crippen LogP contribution in [0.5, 0.6) is 0 Å². The fraction of sp³-hybridized carbons (Fsp3) is 0.250. The van der Waals surface area contributed by atoms with Crippen LogP contribution in [-0.4, -0.2) is 11.7 Å². The van der Waals surface area contributed by atoms with Crippen molar-refractivity contribution in [1.29, 1.82) is 0 Å². The summed E-state index contributed by atoms with van der Waals surface area (Å²) in [6.45, 7) is 1.56. The van der Waals surface area contributed by atoms with E-state index in [0.717, 1.165) is 0 Å². The molecule has 1 heteroatoms. The van der Waals surface area contributed by atoms with E-state index in [4.69, 9.17) is 5.11 Å². The molecule has 0 bridgehead atoms. The molecular formula is C8H6O. The lowest BCUT2D eigenvalue weighted by molar-refractivity contribution is 0.350. The number of aliphatic hydroxyl groups excluding tert-OH is 1. The molecular weight excluding hydrogens is 112 g/mol. The van der Waals surface area contributed by atoms with Crippen LogP contribution in [-0.2, 0) is 0 Å². The van der Waals surface area contributed by atoms with E-state index < -0.39 is 0 Å². The average molecular weight is 118 g/mol. The molecule has 0 aliphatic rings. The monoisotopic (exact) mass is 118 g/mol. The zero-order valence-electron chi connectivity index (χ0n) is 5.15. The molecule has 0 fully saturated rings. The van der Waals surface area contributed by atoms with E-state index in [1.54, 1.807) is 6.92 Å². The zero-order valence-corrected chi connectivity index (χ0v) is 5.15. The van der Waals surface area contributed by atoms with Gasteiger partial charge in [0.05, 0.1) is 0 Å². The Morgan fingerprint density at radius 2 is 1.78 bits per heavy atom. The molecule has 1 nitrogen and oxygen atoms in total. The summed E-state index contributed by atoms with van der Waals surface area (Å²) in [5, 5.41) is 8.15. The lowest BCUT2D eigenvalue weighted by Gasteiger charge is -1.61. The topological polar surface area (TPSA) is 20.2 Å². The Hall–Kier alpha value is -1.36. The first-order chi connectivity index (χ1) is 4.41. The lowest BCUT2D eigenvalue weighted by Crippen LogP contribution is -1.68. The van der Waals surface area contributed by atoms with Crippen LogP contribution < -0.4 is 0 Å². The molecule has 0 saturated carbocycles. The number of rotatable bonds is 0. The van der Waals surface area contributed by atoms with Gasteiger partial charge in [-0.05, 0) is 30.6 Å². The molecule has 0 radical (unpaired) electrons. The minimum Gasteiger partial charge on any atom is -0.384 e. The Bertz CT molecular complexity index is 231. The molecule has 0 saturated heterocycles. The largest absolute Gasteiger partial charge is 0.384 e. The Labute approximate surface area is 55.1 Å². The van der Waals surface area contributed by atoms with Gasteiger partial charge in [0.25, 0.3) is 0 Å². The van der Waals surface area contributed by atoms with E-state index in [9.17, 15) is 0 Å². The van der Waals surface area contributed by atoms with E-state index in [1.165, 1.54) is 0 Å². The quantitative estimate of drug-likeness (QED) is 0.444. The second-order valence-electron chi connectivity index (χ2n) is 1.08. The molecule has 0 amide bonds. The summed E-state index contributed by atoms with van der Waals surface area (Å²) in [5.74, 6) is 14.8. The van der Waals surface area contributed by atoms with Crippen molar-refractivity contribution >= 4 is 0 Å². The van der Waals surface area contributed by atoms with Gasteiger partial charge < -0.3 is 5.11 Å². The second kappa shape index (κ2) is 6.64. The minimum atomic E-state index is -0.145. The van der Waals surface area contributed by atoms with Crippen LogP contribution in [0.3, 0.4) is 0 Å². The van der Waals surface area contributed by atoms with Crippen molar-refractivity contribution < 1.29 is 5.11 Å². The van der Waals surface area contributed by atoms with Crippen molar-refractivity contribution in [1.82, 2.24) is 0 Å². The van der Waals surface area contributed by atoms with Crippen molar-refractivity contribution in [2.45, 2.75) is 6.92 Å². The summed E-state index contributed by atoms with van der Waals surface area (Å²) < 4.78 is 0. The van der Waals surface area contributed by atoms with Crippen molar-refractivity contribution in [3.63, 3.8) is 0 Å². The van der Waals surface area contributed by atoms with Gasteiger partial charge in [-0.2, -0.15) is 0 Å². The molecule has 9 heavy (non-hydrogen) atoms. The highest BCUT2D eigenvalue weighted by atomic mass is 16.2. The standard InChI is InChI=1S/C8H6O/c1-2-3-4-5-6-7-8-9/h9H,8H2,1H3. The molecule has 0 heterocycles. The third-order valence-electron chi connectivity index (χ3n) is 0.480. The maximum absolute atomic E-state index is 8.15. The summed E-state index contributed by atoms with van der Waals surface area (Å²) in [7, 11) is 0. The van der Waals surface area contributed by atoms with Crippen LogP contribution in [0.25, 0.3) is 0 Å².